The highest BCUT2D eigenvalue weighted by molar-refractivity contribution is 9.10. The van der Waals surface area contributed by atoms with Gasteiger partial charge in [0.15, 0.2) is 5.82 Å². The van der Waals surface area contributed by atoms with Gasteiger partial charge >= 0.3 is 0 Å². The lowest BCUT2D eigenvalue weighted by molar-refractivity contribution is 0.619. The number of rotatable bonds is 4. The van der Waals surface area contributed by atoms with Crippen molar-refractivity contribution in [2.24, 2.45) is 0 Å². The van der Waals surface area contributed by atoms with Crippen molar-refractivity contribution in [3.8, 4) is 5.82 Å². The Balaban J connectivity index is 1.81. The fourth-order valence-electron chi connectivity index (χ4n) is 1.96. The van der Waals surface area contributed by atoms with Gasteiger partial charge in [0.25, 0.3) is 0 Å². The molecule has 0 spiro atoms. The van der Waals surface area contributed by atoms with E-state index in [4.69, 9.17) is 0 Å². The van der Waals surface area contributed by atoms with Gasteiger partial charge in [0.2, 0.25) is 0 Å². The second kappa shape index (κ2) is 6.05. The predicted molar refractivity (Wildman–Crippen MR) is 82.8 cm³/mol. The van der Waals surface area contributed by atoms with Crippen molar-refractivity contribution in [1.29, 1.82) is 0 Å². The summed E-state index contributed by atoms with van der Waals surface area (Å²) in [5.41, 5.74) is 1.69. The van der Waals surface area contributed by atoms with Gasteiger partial charge in [0.05, 0.1) is 10.2 Å². The van der Waals surface area contributed by atoms with Crippen molar-refractivity contribution in [2.75, 3.05) is 5.32 Å². The largest absolute Gasteiger partial charge is 0.378 e. The first-order valence-electron chi connectivity index (χ1n) is 6.37. The maximum atomic E-state index is 13.5. The quantitative estimate of drug-likeness (QED) is 0.781. The first-order valence-corrected chi connectivity index (χ1v) is 7.16. The van der Waals surface area contributed by atoms with Crippen LogP contribution in [0.25, 0.3) is 5.82 Å². The fourth-order valence-corrected chi connectivity index (χ4v) is 2.21. The molecule has 3 rings (SSSR count). The van der Waals surface area contributed by atoms with Crippen molar-refractivity contribution in [2.45, 2.75) is 6.54 Å². The van der Waals surface area contributed by atoms with E-state index >= 15 is 0 Å². The van der Waals surface area contributed by atoms with Gasteiger partial charge < -0.3 is 5.32 Å². The number of hydrogen-bond donors (Lipinski definition) is 1. The van der Waals surface area contributed by atoms with Gasteiger partial charge in [-0.1, -0.05) is 6.07 Å². The van der Waals surface area contributed by atoms with E-state index < -0.39 is 0 Å². The van der Waals surface area contributed by atoms with E-state index in [1.54, 1.807) is 23.1 Å². The number of halogens is 2. The van der Waals surface area contributed by atoms with Gasteiger partial charge in [-0.15, -0.1) is 0 Å². The van der Waals surface area contributed by atoms with E-state index in [0.29, 0.717) is 16.8 Å². The second-order valence-electron chi connectivity index (χ2n) is 4.43. The molecule has 1 N–H and O–H groups in total. The molecule has 3 aromatic rings. The smallest absolute Gasteiger partial charge is 0.176 e. The third kappa shape index (κ3) is 3.11. The van der Waals surface area contributed by atoms with E-state index in [1.807, 2.05) is 30.5 Å². The highest BCUT2D eigenvalue weighted by atomic mass is 79.9. The van der Waals surface area contributed by atoms with Gasteiger partial charge in [0, 0.05) is 25.1 Å². The topological polar surface area (TPSA) is 42.7 Å². The molecule has 2 aromatic heterocycles. The Kier molecular flexibility index (Phi) is 3.96. The minimum atomic E-state index is -0.271. The minimum Gasteiger partial charge on any atom is -0.378 e. The van der Waals surface area contributed by atoms with Gasteiger partial charge in [-0.3, -0.25) is 0 Å². The molecular weight excluding hydrogens is 335 g/mol. The standard InChI is InChI=1S/C15H12BrFN4/c16-12-5-4-11(9-13(12)17)10-19-14-3-1-6-18-15(14)21-8-2-7-20-21/h1-9,19H,10H2. The van der Waals surface area contributed by atoms with Crippen LogP contribution in [0.4, 0.5) is 10.1 Å². The summed E-state index contributed by atoms with van der Waals surface area (Å²) < 4.78 is 15.7. The number of nitrogens with one attached hydrogen (secondary N) is 1. The minimum absolute atomic E-state index is 0.271. The zero-order valence-electron chi connectivity index (χ0n) is 11.0. The number of benzene rings is 1. The molecule has 0 saturated carbocycles. The summed E-state index contributed by atoms with van der Waals surface area (Å²) in [7, 11) is 0. The predicted octanol–water partition coefficient (Wildman–Crippen LogP) is 3.78. The van der Waals surface area contributed by atoms with Gasteiger partial charge in [-0.05, 0) is 51.8 Å². The van der Waals surface area contributed by atoms with E-state index in [2.05, 4.69) is 31.3 Å². The Labute approximate surface area is 129 Å². The Morgan fingerprint density at radius 1 is 1.19 bits per heavy atom. The molecule has 0 aliphatic carbocycles. The molecule has 0 fully saturated rings. The summed E-state index contributed by atoms with van der Waals surface area (Å²) in [6, 6.07) is 10.7. The van der Waals surface area contributed by atoms with Crippen LogP contribution in [0.3, 0.4) is 0 Å². The van der Waals surface area contributed by atoms with Crippen molar-refractivity contribution < 1.29 is 4.39 Å². The Bertz CT molecular complexity index is 743. The summed E-state index contributed by atoms with van der Waals surface area (Å²) in [6.45, 7) is 0.504. The second-order valence-corrected chi connectivity index (χ2v) is 5.28. The summed E-state index contributed by atoms with van der Waals surface area (Å²) in [5, 5.41) is 7.44. The normalized spacial score (nSPS) is 10.6. The molecule has 0 aliphatic rings. The zero-order valence-corrected chi connectivity index (χ0v) is 12.6. The number of anilines is 1. The molecule has 4 nitrogen and oxygen atoms in total. The molecule has 0 amide bonds. The molecule has 0 bridgehead atoms. The molecule has 6 heteroatoms. The highest BCUT2D eigenvalue weighted by Crippen LogP contribution is 2.19. The summed E-state index contributed by atoms with van der Waals surface area (Å²) in [4.78, 5) is 4.32. The third-order valence-electron chi connectivity index (χ3n) is 2.98. The zero-order chi connectivity index (χ0) is 14.7. The maximum absolute atomic E-state index is 13.5. The molecule has 0 atom stereocenters. The average Bonchev–Trinajstić information content (AvgIpc) is 3.03. The molecular formula is C15H12BrFN4. The molecule has 21 heavy (non-hydrogen) atoms. The molecule has 0 saturated heterocycles. The van der Waals surface area contributed by atoms with E-state index in [-0.39, 0.29) is 5.82 Å². The SMILES string of the molecule is Fc1cc(CNc2cccnc2-n2cccn2)ccc1Br. The average molecular weight is 347 g/mol. The maximum Gasteiger partial charge on any atom is 0.176 e. The molecule has 0 aliphatic heterocycles. The van der Waals surface area contributed by atoms with Crippen LogP contribution < -0.4 is 5.32 Å². The van der Waals surface area contributed by atoms with Crippen LogP contribution in [0.2, 0.25) is 0 Å². The van der Waals surface area contributed by atoms with Crippen molar-refractivity contribution >= 4 is 21.6 Å². The lowest BCUT2D eigenvalue weighted by atomic mass is 10.2. The van der Waals surface area contributed by atoms with Gasteiger partial charge in [-0.2, -0.15) is 5.10 Å². The van der Waals surface area contributed by atoms with E-state index in [0.717, 1.165) is 11.3 Å². The number of pyridine rings is 1. The Morgan fingerprint density at radius 3 is 2.86 bits per heavy atom. The Morgan fingerprint density at radius 2 is 2.10 bits per heavy atom. The van der Waals surface area contributed by atoms with Crippen LogP contribution in [-0.2, 0) is 6.54 Å². The molecule has 2 heterocycles. The number of aromatic nitrogens is 3. The van der Waals surface area contributed by atoms with Crippen LogP contribution in [0.5, 0.6) is 0 Å². The van der Waals surface area contributed by atoms with E-state index in [9.17, 15) is 4.39 Å². The Hall–Kier alpha value is -2.21. The first kappa shape index (κ1) is 13.8. The first-order chi connectivity index (χ1) is 10.2. The third-order valence-corrected chi connectivity index (χ3v) is 3.62. The van der Waals surface area contributed by atoms with Crippen molar-refractivity contribution in [1.82, 2.24) is 14.8 Å². The van der Waals surface area contributed by atoms with Crippen LogP contribution in [-0.4, -0.2) is 14.8 Å². The van der Waals surface area contributed by atoms with Crippen molar-refractivity contribution in [3.05, 3.63) is 70.8 Å². The molecule has 0 unspecified atom stereocenters. The number of nitrogens with zero attached hydrogens (tertiary/aromatic N) is 3. The van der Waals surface area contributed by atoms with Crippen LogP contribution in [0.15, 0.2) is 59.5 Å². The fraction of sp³-hybridized carbons (Fsp3) is 0.0667. The van der Waals surface area contributed by atoms with Crippen LogP contribution >= 0.6 is 15.9 Å². The van der Waals surface area contributed by atoms with Crippen LogP contribution in [0.1, 0.15) is 5.56 Å². The summed E-state index contributed by atoms with van der Waals surface area (Å²) in [6.07, 6.45) is 5.23. The summed E-state index contributed by atoms with van der Waals surface area (Å²) in [5.74, 6) is 0.438. The lowest BCUT2D eigenvalue weighted by Gasteiger charge is -2.11. The van der Waals surface area contributed by atoms with Crippen molar-refractivity contribution in [3.63, 3.8) is 0 Å². The molecule has 1 aromatic carbocycles. The van der Waals surface area contributed by atoms with Gasteiger partial charge in [0.1, 0.15) is 5.82 Å². The molecule has 106 valence electrons. The van der Waals surface area contributed by atoms with E-state index in [1.165, 1.54) is 6.07 Å². The molecule has 0 radical (unpaired) electrons. The van der Waals surface area contributed by atoms with Gasteiger partial charge in [-0.25, -0.2) is 14.1 Å². The monoisotopic (exact) mass is 346 g/mol. The van der Waals surface area contributed by atoms with Crippen LogP contribution in [0, 0.1) is 5.82 Å². The lowest BCUT2D eigenvalue weighted by Crippen LogP contribution is -2.06. The summed E-state index contributed by atoms with van der Waals surface area (Å²) >= 11 is 3.15. The number of hydrogen-bond acceptors (Lipinski definition) is 3. The highest BCUT2D eigenvalue weighted by Gasteiger charge is 2.06.